The lowest BCUT2D eigenvalue weighted by molar-refractivity contribution is 0.0216. The molecule has 1 heterocycles. The van der Waals surface area contributed by atoms with Crippen LogP contribution in [0.25, 0.3) is 0 Å². The van der Waals surface area contributed by atoms with Crippen molar-refractivity contribution in [1.29, 1.82) is 0 Å². The van der Waals surface area contributed by atoms with Gasteiger partial charge in [-0.05, 0) is 44.9 Å². The van der Waals surface area contributed by atoms with Crippen LogP contribution >= 0.6 is 0 Å². The Morgan fingerprint density at radius 3 is 2.89 bits per heavy atom. The standard InChI is InChI=1S/C16H26N2O/c1-13-7-8-16(14(10-13)11-17-2)18(3)12-15-6-4-5-9-19-15/h7-8,10,15,17H,4-6,9,11-12H2,1-3H3. The average molecular weight is 262 g/mol. The van der Waals surface area contributed by atoms with Crippen LogP contribution < -0.4 is 10.2 Å². The SMILES string of the molecule is CNCc1cc(C)ccc1N(C)CC1CCCCO1. The Hall–Kier alpha value is -1.06. The summed E-state index contributed by atoms with van der Waals surface area (Å²) >= 11 is 0. The summed E-state index contributed by atoms with van der Waals surface area (Å²) in [4.78, 5) is 2.34. The molecule has 0 bridgehead atoms. The highest BCUT2D eigenvalue weighted by Crippen LogP contribution is 2.23. The van der Waals surface area contributed by atoms with Crippen molar-refractivity contribution < 1.29 is 4.74 Å². The summed E-state index contributed by atoms with van der Waals surface area (Å²) in [5, 5.41) is 3.25. The zero-order valence-electron chi connectivity index (χ0n) is 12.4. The van der Waals surface area contributed by atoms with Crippen LogP contribution in [0, 0.1) is 6.92 Å². The molecule has 0 radical (unpaired) electrons. The van der Waals surface area contributed by atoms with E-state index < -0.39 is 0 Å². The molecule has 1 aromatic carbocycles. The molecule has 1 N–H and O–H groups in total. The molecule has 1 aliphatic heterocycles. The minimum Gasteiger partial charge on any atom is -0.376 e. The normalized spacial score (nSPS) is 19.4. The van der Waals surface area contributed by atoms with E-state index in [1.807, 2.05) is 7.05 Å². The van der Waals surface area contributed by atoms with E-state index in [2.05, 4.69) is 42.4 Å². The van der Waals surface area contributed by atoms with Crippen LogP contribution in [0.4, 0.5) is 5.69 Å². The summed E-state index contributed by atoms with van der Waals surface area (Å²) in [6.45, 7) is 4.97. The number of benzene rings is 1. The van der Waals surface area contributed by atoms with Gasteiger partial charge in [-0.3, -0.25) is 0 Å². The maximum Gasteiger partial charge on any atom is 0.0749 e. The van der Waals surface area contributed by atoms with Gasteiger partial charge in [-0.25, -0.2) is 0 Å². The van der Waals surface area contributed by atoms with Gasteiger partial charge in [0.15, 0.2) is 0 Å². The van der Waals surface area contributed by atoms with Gasteiger partial charge >= 0.3 is 0 Å². The summed E-state index contributed by atoms with van der Waals surface area (Å²) in [5.74, 6) is 0. The van der Waals surface area contributed by atoms with Gasteiger partial charge in [0, 0.05) is 32.4 Å². The van der Waals surface area contributed by atoms with Crippen LogP contribution in [-0.2, 0) is 11.3 Å². The van der Waals surface area contributed by atoms with Gasteiger partial charge in [-0.1, -0.05) is 17.7 Å². The molecule has 1 saturated heterocycles. The number of nitrogens with one attached hydrogen (secondary N) is 1. The molecule has 3 heteroatoms. The molecule has 2 rings (SSSR count). The van der Waals surface area contributed by atoms with E-state index in [0.717, 1.165) is 19.7 Å². The van der Waals surface area contributed by atoms with Crippen LogP contribution in [0.15, 0.2) is 18.2 Å². The Morgan fingerprint density at radius 2 is 2.21 bits per heavy atom. The van der Waals surface area contributed by atoms with E-state index in [-0.39, 0.29) is 0 Å². The van der Waals surface area contributed by atoms with Crippen LogP contribution in [-0.4, -0.2) is 33.4 Å². The maximum absolute atomic E-state index is 5.84. The Balaban J connectivity index is 2.06. The predicted molar refractivity (Wildman–Crippen MR) is 80.8 cm³/mol. The number of rotatable bonds is 5. The second-order valence-corrected chi connectivity index (χ2v) is 5.53. The van der Waals surface area contributed by atoms with Crippen LogP contribution in [0.5, 0.6) is 0 Å². The Bertz CT molecular complexity index is 400. The lowest BCUT2D eigenvalue weighted by atomic mass is 10.1. The van der Waals surface area contributed by atoms with E-state index >= 15 is 0 Å². The maximum atomic E-state index is 5.84. The van der Waals surface area contributed by atoms with Gasteiger partial charge in [0.25, 0.3) is 0 Å². The van der Waals surface area contributed by atoms with Gasteiger partial charge in [0.2, 0.25) is 0 Å². The Labute approximate surface area is 116 Å². The monoisotopic (exact) mass is 262 g/mol. The molecule has 3 nitrogen and oxygen atoms in total. The van der Waals surface area contributed by atoms with Crippen molar-refractivity contribution in [2.45, 2.75) is 38.8 Å². The molecule has 1 aromatic rings. The van der Waals surface area contributed by atoms with Crippen molar-refractivity contribution in [3.8, 4) is 0 Å². The van der Waals surface area contributed by atoms with Crippen molar-refractivity contribution >= 4 is 5.69 Å². The second kappa shape index (κ2) is 6.92. The second-order valence-electron chi connectivity index (χ2n) is 5.53. The van der Waals surface area contributed by atoms with Crippen molar-refractivity contribution in [2.24, 2.45) is 0 Å². The highest BCUT2D eigenvalue weighted by atomic mass is 16.5. The molecule has 1 aliphatic rings. The fourth-order valence-corrected chi connectivity index (χ4v) is 2.77. The van der Waals surface area contributed by atoms with E-state index in [0.29, 0.717) is 6.10 Å². The lowest BCUT2D eigenvalue weighted by Gasteiger charge is -2.30. The zero-order valence-corrected chi connectivity index (χ0v) is 12.4. The first-order valence-electron chi connectivity index (χ1n) is 7.27. The first kappa shape index (κ1) is 14.4. The summed E-state index contributed by atoms with van der Waals surface area (Å²) in [7, 11) is 4.16. The minimum atomic E-state index is 0.391. The molecule has 1 fully saturated rings. The largest absolute Gasteiger partial charge is 0.376 e. The van der Waals surface area contributed by atoms with E-state index in [4.69, 9.17) is 4.74 Å². The molecular weight excluding hydrogens is 236 g/mol. The van der Waals surface area contributed by atoms with E-state index in [1.165, 1.54) is 36.1 Å². The third kappa shape index (κ3) is 3.95. The number of hydrogen-bond acceptors (Lipinski definition) is 3. The summed E-state index contributed by atoms with van der Waals surface area (Å²) in [5.41, 5.74) is 3.99. The fourth-order valence-electron chi connectivity index (χ4n) is 2.77. The average Bonchev–Trinajstić information content (AvgIpc) is 2.40. The van der Waals surface area contributed by atoms with Crippen molar-refractivity contribution in [1.82, 2.24) is 5.32 Å². The summed E-state index contributed by atoms with van der Waals surface area (Å²) in [6.07, 6.45) is 4.10. The number of aryl methyl sites for hydroxylation is 1. The summed E-state index contributed by atoms with van der Waals surface area (Å²) < 4.78 is 5.84. The number of nitrogens with zero attached hydrogens (tertiary/aromatic N) is 1. The molecule has 0 amide bonds. The molecule has 0 saturated carbocycles. The molecular formula is C16H26N2O. The van der Waals surface area contributed by atoms with Crippen LogP contribution in [0.2, 0.25) is 0 Å². The number of hydrogen-bond donors (Lipinski definition) is 1. The van der Waals surface area contributed by atoms with Gasteiger partial charge in [0.05, 0.1) is 6.10 Å². The lowest BCUT2D eigenvalue weighted by Crippen LogP contribution is -2.34. The van der Waals surface area contributed by atoms with E-state index in [9.17, 15) is 0 Å². The Kier molecular flexibility index (Phi) is 5.23. The van der Waals surface area contributed by atoms with Crippen LogP contribution in [0.1, 0.15) is 30.4 Å². The van der Waals surface area contributed by atoms with Crippen molar-refractivity contribution in [3.63, 3.8) is 0 Å². The fraction of sp³-hybridized carbons (Fsp3) is 0.625. The molecule has 106 valence electrons. The molecule has 19 heavy (non-hydrogen) atoms. The van der Waals surface area contributed by atoms with Crippen LogP contribution in [0.3, 0.4) is 0 Å². The number of anilines is 1. The number of ether oxygens (including phenoxy) is 1. The Morgan fingerprint density at radius 1 is 1.37 bits per heavy atom. The topological polar surface area (TPSA) is 24.5 Å². The highest BCUT2D eigenvalue weighted by molar-refractivity contribution is 5.54. The minimum absolute atomic E-state index is 0.391. The molecule has 0 aromatic heterocycles. The predicted octanol–water partition coefficient (Wildman–Crippen LogP) is 2.72. The van der Waals surface area contributed by atoms with Gasteiger partial charge in [0.1, 0.15) is 0 Å². The molecule has 0 aliphatic carbocycles. The van der Waals surface area contributed by atoms with Crippen molar-refractivity contribution in [2.75, 3.05) is 32.1 Å². The first-order chi connectivity index (χ1) is 9.20. The quantitative estimate of drug-likeness (QED) is 0.883. The smallest absolute Gasteiger partial charge is 0.0749 e. The van der Waals surface area contributed by atoms with Gasteiger partial charge < -0.3 is 15.0 Å². The van der Waals surface area contributed by atoms with E-state index in [1.54, 1.807) is 0 Å². The highest BCUT2D eigenvalue weighted by Gasteiger charge is 2.17. The molecule has 1 unspecified atom stereocenters. The molecule has 1 atom stereocenters. The third-order valence-electron chi connectivity index (χ3n) is 3.76. The third-order valence-corrected chi connectivity index (χ3v) is 3.76. The van der Waals surface area contributed by atoms with Crippen molar-refractivity contribution in [3.05, 3.63) is 29.3 Å². The zero-order chi connectivity index (χ0) is 13.7. The number of likely N-dealkylation sites (N-methyl/N-ethyl adjacent to an activating group) is 1. The molecule has 0 spiro atoms. The first-order valence-corrected chi connectivity index (χ1v) is 7.27. The van der Waals surface area contributed by atoms with Gasteiger partial charge in [-0.15, -0.1) is 0 Å². The summed E-state index contributed by atoms with van der Waals surface area (Å²) in [6, 6.07) is 6.68. The van der Waals surface area contributed by atoms with Gasteiger partial charge in [-0.2, -0.15) is 0 Å².